The van der Waals surface area contributed by atoms with Crippen molar-refractivity contribution in [3.8, 4) is 5.75 Å². The average molecular weight is 288 g/mol. The molecule has 21 heavy (non-hydrogen) atoms. The zero-order chi connectivity index (χ0) is 15.6. The van der Waals surface area contributed by atoms with Gasteiger partial charge in [0.25, 0.3) is 0 Å². The van der Waals surface area contributed by atoms with E-state index < -0.39 is 5.60 Å². The monoisotopic (exact) mass is 288 g/mol. The Labute approximate surface area is 125 Å². The van der Waals surface area contributed by atoms with E-state index in [4.69, 9.17) is 4.74 Å². The van der Waals surface area contributed by atoms with Crippen molar-refractivity contribution in [2.45, 2.75) is 39.4 Å². The van der Waals surface area contributed by atoms with Crippen LogP contribution in [0.25, 0.3) is 0 Å². The van der Waals surface area contributed by atoms with Crippen LogP contribution in [-0.4, -0.2) is 11.2 Å². The van der Waals surface area contributed by atoms with Crippen LogP contribution in [0.15, 0.2) is 42.5 Å². The van der Waals surface area contributed by atoms with E-state index in [1.807, 2.05) is 32.0 Å². The number of aryl methyl sites for hydroxylation is 1. The largest absolute Gasteiger partial charge is 0.491 e. The van der Waals surface area contributed by atoms with Crippen LogP contribution in [0.1, 0.15) is 37.5 Å². The molecule has 1 atom stereocenters. The molecule has 3 heteroatoms. The van der Waals surface area contributed by atoms with Crippen molar-refractivity contribution >= 4 is 0 Å². The Hall–Kier alpha value is -1.87. The van der Waals surface area contributed by atoms with Gasteiger partial charge < -0.3 is 9.84 Å². The molecule has 0 aliphatic heterocycles. The van der Waals surface area contributed by atoms with Crippen LogP contribution in [-0.2, 0) is 5.60 Å². The van der Waals surface area contributed by atoms with Crippen LogP contribution >= 0.6 is 0 Å². The van der Waals surface area contributed by atoms with E-state index >= 15 is 0 Å². The Bertz CT molecular complexity index is 633. The molecule has 1 N–H and O–H groups in total. The normalized spacial score (nSPS) is 14.0. The van der Waals surface area contributed by atoms with Crippen LogP contribution in [0.4, 0.5) is 4.39 Å². The lowest BCUT2D eigenvalue weighted by Crippen LogP contribution is -2.23. The standard InChI is InChI=1S/C18H21FO2/c1-12(2)21-16-7-5-6-14(10-16)18(4,20)15-9-8-13(3)17(19)11-15/h5-12,20H,1-4H3. The molecular weight excluding hydrogens is 267 g/mol. The molecule has 1 unspecified atom stereocenters. The van der Waals surface area contributed by atoms with Crippen molar-refractivity contribution in [3.63, 3.8) is 0 Å². The number of rotatable bonds is 4. The van der Waals surface area contributed by atoms with E-state index in [1.54, 1.807) is 32.0 Å². The number of ether oxygens (including phenoxy) is 1. The lowest BCUT2D eigenvalue weighted by molar-refractivity contribution is 0.101. The van der Waals surface area contributed by atoms with Crippen LogP contribution in [0.2, 0.25) is 0 Å². The topological polar surface area (TPSA) is 29.5 Å². The summed E-state index contributed by atoms with van der Waals surface area (Å²) in [6, 6.07) is 12.1. The first-order valence-electron chi connectivity index (χ1n) is 7.07. The summed E-state index contributed by atoms with van der Waals surface area (Å²) < 4.78 is 19.4. The molecule has 2 nitrogen and oxygen atoms in total. The van der Waals surface area contributed by atoms with Crippen molar-refractivity contribution in [2.75, 3.05) is 0 Å². The first kappa shape index (κ1) is 15.5. The maximum absolute atomic E-state index is 13.7. The minimum Gasteiger partial charge on any atom is -0.491 e. The molecule has 0 saturated heterocycles. The summed E-state index contributed by atoms with van der Waals surface area (Å²) in [5.41, 5.74) is 0.480. The molecule has 0 saturated carbocycles. The third kappa shape index (κ3) is 3.42. The van der Waals surface area contributed by atoms with Gasteiger partial charge in [0.05, 0.1) is 6.10 Å². The molecule has 2 rings (SSSR count). The fourth-order valence-corrected chi connectivity index (χ4v) is 2.21. The Morgan fingerprint density at radius 3 is 2.38 bits per heavy atom. The van der Waals surface area contributed by atoms with Gasteiger partial charge in [0.15, 0.2) is 0 Å². The maximum atomic E-state index is 13.7. The molecule has 0 bridgehead atoms. The summed E-state index contributed by atoms with van der Waals surface area (Å²) >= 11 is 0. The first-order chi connectivity index (χ1) is 9.80. The predicted octanol–water partition coefficient (Wildman–Crippen LogP) is 4.18. The highest BCUT2D eigenvalue weighted by Gasteiger charge is 2.26. The van der Waals surface area contributed by atoms with E-state index in [0.717, 1.165) is 0 Å². The van der Waals surface area contributed by atoms with Crippen LogP contribution in [0.3, 0.4) is 0 Å². The Balaban J connectivity index is 2.40. The first-order valence-corrected chi connectivity index (χ1v) is 7.07. The molecule has 0 spiro atoms. The van der Waals surface area contributed by atoms with E-state index in [9.17, 15) is 9.50 Å². The van der Waals surface area contributed by atoms with Crippen molar-refractivity contribution in [1.29, 1.82) is 0 Å². The molecule has 0 fully saturated rings. The van der Waals surface area contributed by atoms with Gasteiger partial charge >= 0.3 is 0 Å². The van der Waals surface area contributed by atoms with Crippen molar-refractivity contribution in [3.05, 3.63) is 65.0 Å². The quantitative estimate of drug-likeness (QED) is 0.914. The molecule has 0 amide bonds. The number of halogens is 1. The number of hydrogen-bond acceptors (Lipinski definition) is 2. The highest BCUT2D eigenvalue weighted by Crippen LogP contribution is 2.32. The molecule has 112 valence electrons. The van der Waals surface area contributed by atoms with Crippen LogP contribution in [0.5, 0.6) is 5.75 Å². The number of aliphatic hydroxyl groups is 1. The average Bonchev–Trinajstić information content (AvgIpc) is 2.41. The Kier molecular flexibility index (Phi) is 4.33. The third-order valence-electron chi connectivity index (χ3n) is 3.50. The second-order valence-electron chi connectivity index (χ2n) is 5.73. The van der Waals surface area contributed by atoms with E-state index in [1.165, 1.54) is 6.07 Å². The van der Waals surface area contributed by atoms with Gasteiger partial charge in [-0.3, -0.25) is 0 Å². The summed E-state index contributed by atoms with van der Waals surface area (Å²) in [6.07, 6.45) is 0.0574. The minimum absolute atomic E-state index is 0.0574. The number of hydrogen-bond donors (Lipinski definition) is 1. The van der Waals surface area contributed by atoms with Gasteiger partial charge in [-0.15, -0.1) is 0 Å². The van der Waals surface area contributed by atoms with Gasteiger partial charge in [-0.1, -0.05) is 24.3 Å². The summed E-state index contributed by atoms with van der Waals surface area (Å²) in [5.74, 6) is 0.373. The lowest BCUT2D eigenvalue weighted by atomic mass is 9.87. The smallest absolute Gasteiger partial charge is 0.126 e. The SMILES string of the molecule is Cc1ccc(C(C)(O)c2cccc(OC(C)C)c2)cc1F. The second-order valence-corrected chi connectivity index (χ2v) is 5.73. The summed E-state index contributed by atoms with van der Waals surface area (Å²) in [5, 5.41) is 10.8. The summed E-state index contributed by atoms with van der Waals surface area (Å²) in [6.45, 7) is 7.25. The maximum Gasteiger partial charge on any atom is 0.126 e. The molecule has 0 heterocycles. The van der Waals surface area contributed by atoms with E-state index in [2.05, 4.69) is 0 Å². The fraction of sp³-hybridized carbons (Fsp3) is 0.333. The van der Waals surface area contributed by atoms with Crippen LogP contribution in [0, 0.1) is 12.7 Å². The molecule has 0 aliphatic carbocycles. The van der Waals surface area contributed by atoms with E-state index in [0.29, 0.717) is 22.4 Å². The van der Waals surface area contributed by atoms with Gasteiger partial charge in [-0.05, 0) is 62.6 Å². The van der Waals surface area contributed by atoms with Gasteiger partial charge in [0, 0.05) is 0 Å². The summed E-state index contributed by atoms with van der Waals surface area (Å²) in [4.78, 5) is 0. The molecule has 2 aromatic rings. The van der Waals surface area contributed by atoms with Gasteiger partial charge in [0.1, 0.15) is 17.2 Å². The predicted molar refractivity (Wildman–Crippen MR) is 82.0 cm³/mol. The Morgan fingerprint density at radius 2 is 1.76 bits per heavy atom. The molecule has 0 radical (unpaired) electrons. The third-order valence-corrected chi connectivity index (χ3v) is 3.50. The highest BCUT2D eigenvalue weighted by molar-refractivity contribution is 5.40. The van der Waals surface area contributed by atoms with Gasteiger partial charge in [0.2, 0.25) is 0 Å². The molecule has 0 aliphatic rings. The lowest BCUT2D eigenvalue weighted by Gasteiger charge is -2.25. The molecular formula is C18H21FO2. The van der Waals surface area contributed by atoms with Gasteiger partial charge in [-0.25, -0.2) is 4.39 Å². The zero-order valence-electron chi connectivity index (χ0n) is 12.9. The Morgan fingerprint density at radius 1 is 1.10 bits per heavy atom. The van der Waals surface area contributed by atoms with Crippen molar-refractivity contribution in [1.82, 2.24) is 0 Å². The zero-order valence-corrected chi connectivity index (χ0v) is 12.9. The van der Waals surface area contributed by atoms with Crippen molar-refractivity contribution < 1.29 is 14.2 Å². The van der Waals surface area contributed by atoms with Crippen LogP contribution < -0.4 is 4.74 Å². The van der Waals surface area contributed by atoms with Gasteiger partial charge in [-0.2, -0.15) is 0 Å². The fourth-order valence-electron chi connectivity index (χ4n) is 2.21. The summed E-state index contributed by atoms with van der Waals surface area (Å²) in [7, 11) is 0. The molecule has 2 aromatic carbocycles. The number of benzene rings is 2. The second kappa shape index (κ2) is 5.86. The van der Waals surface area contributed by atoms with E-state index in [-0.39, 0.29) is 11.9 Å². The highest BCUT2D eigenvalue weighted by atomic mass is 19.1. The molecule has 0 aromatic heterocycles. The minimum atomic E-state index is -1.27. The van der Waals surface area contributed by atoms with Crippen molar-refractivity contribution in [2.24, 2.45) is 0 Å².